The van der Waals surface area contributed by atoms with Crippen molar-refractivity contribution in [1.29, 1.82) is 0 Å². The molecule has 1 aliphatic rings. The molecule has 0 N–H and O–H groups in total. The highest BCUT2D eigenvalue weighted by molar-refractivity contribution is 5.69. The largest absolute Gasteiger partial charge is 0.444 e. The summed E-state index contributed by atoms with van der Waals surface area (Å²) in [5, 5.41) is 0. The molecule has 1 aliphatic heterocycles. The third kappa shape index (κ3) is 3.00. The average molecular weight is 248 g/mol. The second-order valence-corrected chi connectivity index (χ2v) is 5.79. The molecule has 1 aromatic rings. The zero-order chi connectivity index (χ0) is 13.3. The number of aromatic nitrogens is 1. The summed E-state index contributed by atoms with van der Waals surface area (Å²) in [7, 11) is 0. The van der Waals surface area contributed by atoms with E-state index >= 15 is 0 Å². The fourth-order valence-corrected chi connectivity index (χ4v) is 1.93. The number of hydrogen-bond acceptors (Lipinski definition) is 3. The molecule has 2 rings (SSSR count). The molecule has 1 fully saturated rings. The van der Waals surface area contributed by atoms with E-state index in [-0.39, 0.29) is 6.09 Å². The van der Waals surface area contributed by atoms with E-state index in [0.717, 1.165) is 11.4 Å². The molecular weight excluding hydrogens is 228 g/mol. The molecule has 4 heteroatoms. The van der Waals surface area contributed by atoms with Crippen LogP contribution in [0.4, 0.5) is 4.79 Å². The van der Waals surface area contributed by atoms with Gasteiger partial charge in [0.2, 0.25) is 0 Å². The van der Waals surface area contributed by atoms with Gasteiger partial charge in [-0.2, -0.15) is 0 Å². The maximum absolute atomic E-state index is 11.8. The predicted octanol–water partition coefficient (Wildman–Crippen LogP) is 2.72. The van der Waals surface area contributed by atoms with Gasteiger partial charge in [0.15, 0.2) is 0 Å². The minimum Gasteiger partial charge on any atom is -0.444 e. The quantitative estimate of drug-likeness (QED) is 0.767. The first-order chi connectivity index (χ1) is 8.35. The predicted molar refractivity (Wildman–Crippen MR) is 69.5 cm³/mol. The average Bonchev–Trinajstić information content (AvgIpc) is 2.11. The molecule has 0 radical (unpaired) electrons. The van der Waals surface area contributed by atoms with Crippen LogP contribution in [0.3, 0.4) is 0 Å². The molecular formula is C14H20N2O2. The fourth-order valence-electron chi connectivity index (χ4n) is 1.93. The molecule has 1 amide bonds. The molecule has 0 spiro atoms. The third-order valence-corrected chi connectivity index (χ3v) is 2.86. The Labute approximate surface area is 108 Å². The molecule has 0 saturated carbocycles. The molecule has 1 saturated heterocycles. The zero-order valence-corrected chi connectivity index (χ0v) is 11.4. The van der Waals surface area contributed by atoms with E-state index in [4.69, 9.17) is 4.74 Å². The van der Waals surface area contributed by atoms with Gasteiger partial charge in [-0.25, -0.2) is 4.79 Å². The molecule has 4 nitrogen and oxygen atoms in total. The summed E-state index contributed by atoms with van der Waals surface area (Å²) in [6, 6.07) is 6.01. The van der Waals surface area contributed by atoms with Crippen molar-refractivity contribution < 1.29 is 9.53 Å². The minimum absolute atomic E-state index is 0.230. The number of aryl methyl sites for hydroxylation is 1. The van der Waals surface area contributed by atoms with Gasteiger partial charge in [0.1, 0.15) is 5.60 Å². The number of pyridine rings is 1. The lowest BCUT2D eigenvalue weighted by Crippen LogP contribution is -2.50. The number of rotatable bonds is 1. The molecule has 1 aromatic heterocycles. The van der Waals surface area contributed by atoms with Gasteiger partial charge in [-0.1, -0.05) is 6.07 Å². The van der Waals surface area contributed by atoms with Crippen LogP contribution in [0.25, 0.3) is 0 Å². The van der Waals surface area contributed by atoms with Gasteiger partial charge in [0.25, 0.3) is 0 Å². The first-order valence-electron chi connectivity index (χ1n) is 6.26. The molecule has 0 unspecified atom stereocenters. The molecule has 0 aromatic carbocycles. The first-order valence-corrected chi connectivity index (χ1v) is 6.26. The van der Waals surface area contributed by atoms with E-state index in [1.165, 1.54) is 0 Å². The Morgan fingerprint density at radius 2 is 2.06 bits per heavy atom. The van der Waals surface area contributed by atoms with Crippen LogP contribution < -0.4 is 0 Å². The summed E-state index contributed by atoms with van der Waals surface area (Å²) in [5.41, 5.74) is 1.65. The monoisotopic (exact) mass is 248 g/mol. The standard InChI is InChI=1S/C14H20N2O2/c1-10-6-5-7-12(15-10)11-8-16(9-11)13(17)18-14(2,3)4/h5-7,11H,8-9H2,1-4H3. The van der Waals surface area contributed by atoms with Crippen LogP contribution in [0, 0.1) is 6.92 Å². The number of likely N-dealkylation sites (tertiary alicyclic amines) is 1. The highest BCUT2D eigenvalue weighted by Crippen LogP contribution is 2.27. The van der Waals surface area contributed by atoms with Crippen molar-refractivity contribution in [2.45, 2.75) is 39.2 Å². The maximum Gasteiger partial charge on any atom is 0.410 e. The molecule has 2 heterocycles. The van der Waals surface area contributed by atoms with Gasteiger partial charge in [0, 0.05) is 30.4 Å². The van der Waals surface area contributed by atoms with E-state index in [9.17, 15) is 4.79 Å². The molecule has 0 atom stereocenters. The van der Waals surface area contributed by atoms with E-state index in [0.29, 0.717) is 19.0 Å². The lowest BCUT2D eigenvalue weighted by atomic mass is 9.96. The van der Waals surface area contributed by atoms with E-state index < -0.39 is 5.60 Å². The second kappa shape index (κ2) is 4.59. The summed E-state index contributed by atoms with van der Waals surface area (Å²) >= 11 is 0. The van der Waals surface area contributed by atoms with Gasteiger partial charge in [0.05, 0.1) is 0 Å². The van der Waals surface area contributed by atoms with Crippen molar-refractivity contribution in [2.75, 3.05) is 13.1 Å². The lowest BCUT2D eigenvalue weighted by Gasteiger charge is -2.39. The Morgan fingerprint density at radius 3 is 2.61 bits per heavy atom. The second-order valence-electron chi connectivity index (χ2n) is 5.79. The topological polar surface area (TPSA) is 42.4 Å². The van der Waals surface area contributed by atoms with Crippen LogP contribution in [0.15, 0.2) is 18.2 Å². The van der Waals surface area contributed by atoms with Crippen LogP contribution in [-0.2, 0) is 4.74 Å². The number of ether oxygens (including phenoxy) is 1. The van der Waals surface area contributed by atoms with Gasteiger partial charge in [-0.05, 0) is 39.8 Å². The van der Waals surface area contributed by atoms with E-state index in [1.54, 1.807) is 4.90 Å². The summed E-state index contributed by atoms with van der Waals surface area (Å²) in [6.07, 6.45) is -0.230. The molecule has 0 bridgehead atoms. The number of hydrogen-bond donors (Lipinski definition) is 0. The number of nitrogens with zero attached hydrogens (tertiary/aromatic N) is 2. The smallest absolute Gasteiger partial charge is 0.410 e. The summed E-state index contributed by atoms with van der Waals surface area (Å²) in [4.78, 5) is 18.0. The highest BCUT2D eigenvalue weighted by Gasteiger charge is 2.35. The normalized spacial score (nSPS) is 16.3. The lowest BCUT2D eigenvalue weighted by molar-refractivity contribution is 0.00787. The summed E-state index contributed by atoms with van der Waals surface area (Å²) in [5.74, 6) is 0.345. The van der Waals surface area contributed by atoms with Gasteiger partial charge >= 0.3 is 6.09 Å². The zero-order valence-electron chi connectivity index (χ0n) is 11.4. The number of amides is 1. The minimum atomic E-state index is -0.427. The Bertz CT molecular complexity index is 445. The van der Waals surface area contributed by atoms with Crippen LogP contribution in [0.5, 0.6) is 0 Å². The Hall–Kier alpha value is -1.58. The van der Waals surface area contributed by atoms with Gasteiger partial charge < -0.3 is 9.64 Å². The summed E-state index contributed by atoms with van der Waals surface area (Å²) < 4.78 is 5.32. The maximum atomic E-state index is 11.8. The fraction of sp³-hybridized carbons (Fsp3) is 0.571. The van der Waals surface area contributed by atoms with Crippen molar-refractivity contribution in [3.8, 4) is 0 Å². The van der Waals surface area contributed by atoms with Crippen LogP contribution in [0.1, 0.15) is 38.1 Å². The SMILES string of the molecule is Cc1cccc(C2CN(C(=O)OC(C)(C)C)C2)n1. The highest BCUT2D eigenvalue weighted by atomic mass is 16.6. The van der Waals surface area contributed by atoms with Crippen LogP contribution in [0.2, 0.25) is 0 Å². The number of carbonyl (C=O) groups excluding carboxylic acids is 1. The number of carbonyl (C=O) groups is 1. The Morgan fingerprint density at radius 1 is 1.39 bits per heavy atom. The van der Waals surface area contributed by atoms with Crippen LogP contribution in [-0.4, -0.2) is 34.7 Å². The molecule has 18 heavy (non-hydrogen) atoms. The van der Waals surface area contributed by atoms with Gasteiger partial charge in [-0.15, -0.1) is 0 Å². The third-order valence-electron chi connectivity index (χ3n) is 2.86. The van der Waals surface area contributed by atoms with Crippen molar-refractivity contribution in [3.63, 3.8) is 0 Å². The van der Waals surface area contributed by atoms with Crippen molar-refractivity contribution in [3.05, 3.63) is 29.6 Å². The van der Waals surface area contributed by atoms with Crippen molar-refractivity contribution >= 4 is 6.09 Å². The Kier molecular flexibility index (Phi) is 3.28. The van der Waals surface area contributed by atoms with E-state index in [2.05, 4.69) is 4.98 Å². The van der Waals surface area contributed by atoms with Gasteiger partial charge in [-0.3, -0.25) is 4.98 Å². The Balaban J connectivity index is 1.89. The first kappa shape index (κ1) is 12.9. The summed E-state index contributed by atoms with van der Waals surface area (Å²) in [6.45, 7) is 9.02. The molecule has 98 valence electrons. The van der Waals surface area contributed by atoms with E-state index in [1.807, 2.05) is 45.9 Å². The molecule has 0 aliphatic carbocycles. The van der Waals surface area contributed by atoms with Crippen molar-refractivity contribution in [1.82, 2.24) is 9.88 Å². The van der Waals surface area contributed by atoms with Crippen molar-refractivity contribution in [2.24, 2.45) is 0 Å². The van der Waals surface area contributed by atoms with Crippen LogP contribution >= 0.6 is 0 Å².